The lowest BCUT2D eigenvalue weighted by Gasteiger charge is -2.30. The van der Waals surface area contributed by atoms with E-state index in [1.165, 1.54) is 0 Å². The fourth-order valence-electron chi connectivity index (χ4n) is 3.46. The average molecular weight is 407 g/mol. The lowest BCUT2D eigenvalue weighted by atomic mass is 10.0. The summed E-state index contributed by atoms with van der Waals surface area (Å²) in [6.45, 7) is 0.682. The van der Waals surface area contributed by atoms with Gasteiger partial charge in [-0.25, -0.2) is 4.21 Å². The van der Waals surface area contributed by atoms with E-state index in [4.69, 9.17) is 4.74 Å². The van der Waals surface area contributed by atoms with Crippen LogP contribution in [0.2, 0.25) is 0 Å². The molecule has 0 bridgehead atoms. The lowest BCUT2D eigenvalue weighted by Crippen LogP contribution is -2.35. The summed E-state index contributed by atoms with van der Waals surface area (Å²) in [5.41, 5.74) is 3.41. The Morgan fingerprint density at radius 1 is 1.03 bits per heavy atom. The molecule has 3 aromatic rings. The Kier molecular flexibility index (Phi) is 5.62. The number of fused-ring (bicyclic) bond motifs is 1. The van der Waals surface area contributed by atoms with E-state index in [0.717, 1.165) is 35.5 Å². The van der Waals surface area contributed by atoms with E-state index < -0.39 is 11.0 Å². The number of nitrogens with zero attached hydrogens (tertiary/aromatic N) is 1. The number of amides is 1. The van der Waals surface area contributed by atoms with E-state index in [-0.39, 0.29) is 5.91 Å². The second-order valence-corrected chi connectivity index (χ2v) is 8.03. The van der Waals surface area contributed by atoms with Gasteiger partial charge in [-0.15, -0.1) is 0 Å². The van der Waals surface area contributed by atoms with Crippen molar-refractivity contribution in [2.45, 2.75) is 17.7 Å². The fraction of sp³-hybridized carbons (Fsp3) is 0.174. The normalized spacial score (nSPS) is 14.0. The van der Waals surface area contributed by atoms with E-state index in [0.29, 0.717) is 17.0 Å². The molecule has 1 aliphatic rings. The van der Waals surface area contributed by atoms with Crippen molar-refractivity contribution in [2.24, 2.45) is 0 Å². The van der Waals surface area contributed by atoms with Gasteiger partial charge in [0, 0.05) is 23.5 Å². The third-order valence-corrected chi connectivity index (χ3v) is 6.07. The number of para-hydroxylation sites is 1. The van der Waals surface area contributed by atoms with Gasteiger partial charge >= 0.3 is 0 Å². The monoisotopic (exact) mass is 406 g/mol. The zero-order chi connectivity index (χ0) is 20.2. The van der Waals surface area contributed by atoms with E-state index in [1.807, 2.05) is 53.4 Å². The molecule has 148 valence electrons. The molecule has 0 aliphatic carbocycles. The highest BCUT2D eigenvalue weighted by molar-refractivity contribution is 7.86. The summed E-state index contributed by atoms with van der Waals surface area (Å²) in [5, 5.41) is 0. The second-order valence-electron chi connectivity index (χ2n) is 6.82. The van der Waals surface area contributed by atoms with Crippen molar-refractivity contribution < 1.29 is 13.7 Å². The van der Waals surface area contributed by atoms with Crippen molar-refractivity contribution in [3.8, 4) is 5.75 Å². The van der Waals surface area contributed by atoms with Crippen LogP contribution in [0.4, 0.5) is 11.4 Å². The summed E-state index contributed by atoms with van der Waals surface area (Å²) in [7, 11) is 0.255. The van der Waals surface area contributed by atoms with Crippen LogP contribution < -0.4 is 14.4 Å². The Labute approximate surface area is 172 Å². The van der Waals surface area contributed by atoms with Gasteiger partial charge in [0.25, 0.3) is 5.91 Å². The first-order valence-corrected chi connectivity index (χ1v) is 10.6. The summed E-state index contributed by atoms with van der Waals surface area (Å²) in [5.74, 6) is 0.750. The number of methoxy groups -OCH3 is 1. The van der Waals surface area contributed by atoms with Gasteiger partial charge in [-0.1, -0.05) is 18.2 Å². The van der Waals surface area contributed by atoms with Crippen LogP contribution in [0, 0.1) is 0 Å². The van der Waals surface area contributed by atoms with Crippen LogP contribution in [0.3, 0.4) is 0 Å². The Hall–Kier alpha value is -3.12. The molecule has 1 N–H and O–H groups in total. The standard InChI is InChI=1S/C23H22N2O3S/c1-28-20-11-14-22-18(16-20)6-5-15-25(22)23(26)17-9-12-21(13-10-17)29(27)24-19-7-3-2-4-8-19/h2-4,7-14,16,24H,5-6,15H2,1H3. The molecule has 1 aliphatic heterocycles. The highest BCUT2D eigenvalue weighted by atomic mass is 32.2. The van der Waals surface area contributed by atoms with E-state index >= 15 is 0 Å². The average Bonchev–Trinajstić information content (AvgIpc) is 2.78. The number of carbonyl (C=O) groups is 1. The maximum Gasteiger partial charge on any atom is 0.258 e. The van der Waals surface area contributed by atoms with Gasteiger partial charge in [0.1, 0.15) is 16.7 Å². The molecular weight excluding hydrogens is 384 g/mol. The Balaban J connectivity index is 1.51. The predicted octanol–water partition coefficient (Wildman–Crippen LogP) is 4.42. The van der Waals surface area contributed by atoms with Crippen LogP contribution in [0.1, 0.15) is 22.3 Å². The van der Waals surface area contributed by atoms with Gasteiger partial charge in [-0.05, 0) is 73.0 Å². The molecule has 0 saturated carbocycles. The van der Waals surface area contributed by atoms with Crippen molar-refractivity contribution in [1.29, 1.82) is 0 Å². The number of nitrogens with one attached hydrogen (secondary N) is 1. The van der Waals surface area contributed by atoms with Crippen LogP contribution in [0.25, 0.3) is 0 Å². The summed E-state index contributed by atoms with van der Waals surface area (Å²) < 4.78 is 20.8. The Morgan fingerprint density at radius 2 is 1.79 bits per heavy atom. The van der Waals surface area contributed by atoms with Crippen molar-refractivity contribution in [3.05, 3.63) is 83.9 Å². The third-order valence-electron chi connectivity index (χ3n) is 4.95. The summed E-state index contributed by atoms with van der Waals surface area (Å²) in [6.07, 6.45) is 1.84. The topological polar surface area (TPSA) is 58.6 Å². The first-order valence-electron chi connectivity index (χ1n) is 9.48. The predicted molar refractivity (Wildman–Crippen MR) is 116 cm³/mol. The quantitative estimate of drug-likeness (QED) is 0.682. The van der Waals surface area contributed by atoms with Crippen LogP contribution in [-0.2, 0) is 17.4 Å². The number of hydrogen-bond donors (Lipinski definition) is 1. The number of rotatable bonds is 5. The van der Waals surface area contributed by atoms with Gasteiger partial charge < -0.3 is 14.4 Å². The maximum atomic E-state index is 13.1. The van der Waals surface area contributed by atoms with Gasteiger partial charge in [0.15, 0.2) is 0 Å². The molecule has 0 aromatic heterocycles. The first-order chi connectivity index (χ1) is 14.2. The van der Waals surface area contributed by atoms with Gasteiger partial charge in [-0.2, -0.15) is 0 Å². The van der Waals surface area contributed by atoms with Crippen molar-refractivity contribution in [2.75, 3.05) is 23.3 Å². The van der Waals surface area contributed by atoms with Crippen LogP contribution in [0.5, 0.6) is 5.75 Å². The van der Waals surface area contributed by atoms with E-state index in [1.54, 1.807) is 31.4 Å². The first kappa shape index (κ1) is 19.2. The molecule has 0 fully saturated rings. The number of aryl methyl sites for hydroxylation is 1. The van der Waals surface area contributed by atoms with Gasteiger partial charge in [0.05, 0.1) is 12.0 Å². The molecule has 6 heteroatoms. The molecule has 5 nitrogen and oxygen atoms in total. The fourth-order valence-corrected chi connectivity index (χ4v) is 4.31. The summed E-state index contributed by atoms with van der Waals surface area (Å²) >= 11 is 0. The maximum absolute atomic E-state index is 13.1. The zero-order valence-corrected chi connectivity index (χ0v) is 16.9. The summed E-state index contributed by atoms with van der Waals surface area (Å²) in [4.78, 5) is 15.5. The highest BCUT2D eigenvalue weighted by Crippen LogP contribution is 2.31. The summed E-state index contributed by atoms with van der Waals surface area (Å²) in [6, 6.07) is 22.2. The Bertz CT molecular complexity index is 1040. The highest BCUT2D eigenvalue weighted by Gasteiger charge is 2.24. The van der Waals surface area contributed by atoms with Crippen LogP contribution in [0.15, 0.2) is 77.7 Å². The smallest absolute Gasteiger partial charge is 0.258 e. The number of hydrogen-bond acceptors (Lipinski definition) is 3. The zero-order valence-electron chi connectivity index (χ0n) is 16.1. The van der Waals surface area contributed by atoms with Crippen LogP contribution in [-0.4, -0.2) is 23.8 Å². The molecule has 0 radical (unpaired) electrons. The molecule has 4 rings (SSSR count). The SMILES string of the molecule is COc1ccc2c(c1)CCCN2C(=O)c1ccc(S(=O)Nc2ccccc2)cc1. The largest absolute Gasteiger partial charge is 0.497 e. The number of ether oxygens (including phenoxy) is 1. The molecule has 1 heterocycles. The number of anilines is 2. The third kappa shape index (κ3) is 4.17. The van der Waals surface area contributed by atoms with Crippen molar-refractivity contribution >= 4 is 28.3 Å². The molecule has 3 aromatic carbocycles. The van der Waals surface area contributed by atoms with Crippen LogP contribution >= 0.6 is 0 Å². The minimum Gasteiger partial charge on any atom is -0.497 e. The molecule has 1 unspecified atom stereocenters. The van der Waals surface area contributed by atoms with Crippen molar-refractivity contribution in [3.63, 3.8) is 0 Å². The molecule has 0 saturated heterocycles. The molecule has 29 heavy (non-hydrogen) atoms. The van der Waals surface area contributed by atoms with Gasteiger partial charge in [0.2, 0.25) is 0 Å². The molecule has 0 spiro atoms. The lowest BCUT2D eigenvalue weighted by molar-refractivity contribution is 0.0985. The molecular formula is C23H22N2O3S. The van der Waals surface area contributed by atoms with E-state index in [2.05, 4.69) is 4.72 Å². The second kappa shape index (κ2) is 8.49. The van der Waals surface area contributed by atoms with E-state index in [9.17, 15) is 9.00 Å². The Morgan fingerprint density at radius 3 is 2.52 bits per heavy atom. The van der Waals surface area contributed by atoms with Crippen molar-refractivity contribution in [1.82, 2.24) is 0 Å². The number of benzene rings is 3. The molecule has 1 amide bonds. The molecule has 1 atom stereocenters. The minimum absolute atomic E-state index is 0.0514. The minimum atomic E-state index is -1.39. The number of carbonyl (C=O) groups excluding carboxylic acids is 1. The van der Waals surface area contributed by atoms with Gasteiger partial charge in [-0.3, -0.25) is 4.79 Å².